The Hall–Kier alpha value is -1.51. The summed E-state index contributed by atoms with van der Waals surface area (Å²) in [6, 6.07) is 3.06. The van der Waals surface area contributed by atoms with E-state index in [1.807, 2.05) is 6.92 Å². The van der Waals surface area contributed by atoms with Gasteiger partial charge in [-0.05, 0) is 26.0 Å². The summed E-state index contributed by atoms with van der Waals surface area (Å²) in [5.41, 5.74) is 2.76. The zero-order chi connectivity index (χ0) is 9.42. The summed E-state index contributed by atoms with van der Waals surface area (Å²) in [4.78, 5) is 8.39. The molecule has 1 heterocycles. The highest BCUT2D eigenvalue weighted by Crippen LogP contribution is 2.16. The SMILES string of the molecule is Cc1cnc2ccc(F)c(C)c2n1. The van der Waals surface area contributed by atoms with Gasteiger partial charge < -0.3 is 0 Å². The molecule has 1 aromatic carbocycles. The van der Waals surface area contributed by atoms with E-state index in [-0.39, 0.29) is 5.82 Å². The average Bonchev–Trinajstić information content (AvgIpc) is 2.12. The minimum Gasteiger partial charge on any atom is -0.253 e. The summed E-state index contributed by atoms with van der Waals surface area (Å²) >= 11 is 0. The fourth-order valence-electron chi connectivity index (χ4n) is 1.27. The molecule has 0 radical (unpaired) electrons. The lowest BCUT2D eigenvalue weighted by atomic mass is 10.2. The molecule has 13 heavy (non-hydrogen) atoms. The van der Waals surface area contributed by atoms with Gasteiger partial charge >= 0.3 is 0 Å². The largest absolute Gasteiger partial charge is 0.253 e. The van der Waals surface area contributed by atoms with Gasteiger partial charge in [0, 0.05) is 11.8 Å². The second kappa shape index (κ2) is 2.76. The summed E-state index contributed by atoms with van der Waals surface area (Å²) < 4.78 is 13.1. The predicted molar refractivity (Wildman–Crippen MR) is 49.0 cm³/mol. The Morgan fingerprint density at radius 2 is 2.00 bits per heavy atom. The third kappa shape index (κ3) is 1.26. The van der Waals surface area contributed by atoms with E-state index in [4.69, 9.17) is 0 Å². The maximum Gasteiger partial charge on any atom is 0.128 e. The monoisotopic (exact) mass is 176 g/mol. The minimum absolute atomic E-state index is 0.229. The highest BCUT2D eigenvalue weighted by Gasteiger charge is 2.04. The first-order valence-electron chi connectivity index (χ1n) is 4.07. The van der Waals surface area contributed by atoms with Crippen LogP contribution < -0.4 is 0 Å². The van der Waals surface area contributed by atoms with E-state index in [9.17, 15) is 4.39 Å². The number of hydrogen-bond donors (Lipinski definition) is 0. The molecule has 0 bridgehead atoms. The predicted octanol–water partition coefficient (Wildman–Crippen LogP) is 2.39. The van der Waals surface area contributed by atoms with Crippen LogP contribution in [0.4, 0.5) is 4.39 Å². The minimum atomic E-state index is -0.229. The van der Waals surface area contributed by atoms with E-state index in [0.717, 1.165) is 11.2 Å². The Morgan fingerprint density at radius 1 is 1.23 bits per heavy atom. The summed E-state index contributed by atoms with van der Waals surface area (Å²) in [6.45, 7) is 3.56. The van der Waals surface area contributed by atoms with E-state index in [1.54, 1.807) is 19.2 Å². The molecule has 2 aromatic rings. The van der Waals surface area contributed by atoms with Crippen LogP contribution in [-0.2, 0) is 0 Å². The maximum atomic E-state index is 13.1. The van der Waals surface area contributed by atoms with Crippen molar-refractivity contribution in [3.8, 4) is 0 Å². The van der Waals surface area contributed by atoms with Gasteiger partial charge in [-0.3, -0.25) is 4.98 Å². The molecule has 0 N–H and O–H groups in total. The second-order valence-corrected chi connectivity index (χ2v) is 3.05. The Bertz CT molecular complexity index is 460. The van der Waals surface area contributed by atoms with E-state index in [2.05, 4.69) is 9.97 Å². The van der Waals surface area contributed by atoms with Crippen LogP contribution in [0.3, 0.4) is 0 Å². The molecule has 2 rings (SSSR count). The van der Waals surface area contributed by atoms with Gasteiger partial charge in [0.2, 0.25) is 0 Å². The molecule has 1 aromatic heterocycles. The highest BCUT2D eigenvalue weighted by molar-refractivity contribution is 5.77. The van der Waals surface area contributed by atoms with Gasteiger partial charge in [0.1, 0.15) is 5.82 Å². The standard InChI is InChI=1S/C10H9FN2/c1-6-5-12-9-4-3-8(11)7(2)10(9)13-6/h3-5H,1-2H3. The first-order valence-corrected chi connectivity index (χ1v) is 4.07. The zero-order valence-electron chi connectivity index (χ0n) is 7.50. The van der Waals surface area contributed by atoms with Crippen molar-refractivity contribution < 1.29 is 4.39 Å². The molecule has 0 amide bonds. The number of halogens is 1. The molecule has 0 atom stereocenters. The quantitative estimate of drug-likeness (QED) is 0.616. The van der Waals surface area contributed by atoms with Crippen molar-refractivity contribution in [2.24, 2.45) is 0 Å². The van der Waals surface area contributed by atoms with Crippen LogP contribution in [0.5, 0.6) is 0 Å². The Kier molecular flexibility index (Phi) is 1.72. The number of hydrogen-bond acceptors (Lipinski definition) is 2. The Labute approximate surface area is 75.4 Å². The third-order valence-corrected chi connectivity index (χ3v) is 2.02. The van der Waals surface area contributed by atoms with Crippen LogP contribution in [0.25, 0.3) is 11.0 Å². The van der Waals surface area contributed by atoms with Gasteiger partial charge in [0.15, 0.2) is 0 Å². The summed E-state index contributed by atoms with van der Waals surface area (Å²) in [5, 5.41) is 0. The normalized spacial score (nSPS) is 10.7. The van der Waals surface area contributed by atoms with Crippen molar-refractivity contribution in [1.82, 2.24) is 9.97 Å². The van der Waals surface area contributed by atoms with Crippen LogP contribution in [0.2, 0.25) is 0 Å². The van der Waals surface area contributed by atoms with Gasteiger partial charge in [-0.25, -0.2) is 9.37 Å². The molecule has 0 saturated carbocycles. The lowest BCUT2D eigenvalue weighted by Gasteiger charge is -2.01. The fourth-order valence-corrected chi connectivity index (χ4v) is 1.27. The Balaban J connectivity index is 2.89. The summed E-state index contributed by atoms with van der Waals surface area (Å²) in [5.74, 6) is -0.229. The van der Waals surface area contributed by atoms with Crippen LogP contribution in [0.1, 0.15) is 11.3 Å². The first-order chi connectivity index (χ1) is 6.18. The van der Waals surface area contributed by atoms with Gasteiger partial charge in [0.25, 0.3) is 0 Å². The molecule has 0 aliphatic rings. The first kappa shape index (κ1) is 8.10. The molecule has 0 saturated heterocycles. The fraction of sp³-hybridized carbons (Fsp3) is 0.200. The summed E-state index contributed by atoms with van der Waals surface area (Å²) in [7, 11) is 0. The zero-order valence-corrected chi connectivity index (χ0v) is 7.50. The molecule has 0 aliphatic carbocycles. The summed E-state index contributed by atoms with van der Waals surface area (Å²) in [6.07, 6.45) is 1.68. The molecule has 0 spiro atoms. The number of benzene rings is 1. The lowest BCUT2D eigenvalue weighted by Crippen LogP contribution is -1.92. The molecule has 0 aliphatic heterocycles. The van der Waals surface area contributed by atoms with Crippen LogP contribution in [-0.4, -0.2) is 9.97 Å². The molecule has 0 fully saturated rings. The number of aromatic nitrogens is 2. The molecule has 2 nitrogen and oxygen atoms in total. The van der Waals surface area contributed by atoms with Crippen molar-refractivity contribution >= 4 is 11.0 Å². The third-order valence-electron chi connectivity index (χ3n) is 2.02. The van der Waals surface area contributed by atoms with E-state index in [0.29, 0.717) is 11.1 Å². The number of aryl methyl sites for hydroxylation is 2. The molecular formula is C10H9FN2. The van der Waals surface area contributed by atoms with E-state index in [1.165, 1.54) is 6.07 Å². The molecule has 66 valence electrons. The van der Waals surface area contributed by atoms with Gasteiger partial charge in [-0.15, -0.1) is 0 Å². The van der Waals surface area contributed by atoms with Crippen molar-refractivity contribution in [3.63, 3.8) is 0 Å². The van der Waals surface area contributed by atoms with E-state index >= 15 is 0 Å². The number of fused-ring (bicyclic) bond motifs is 1. The van der Waals surface area contributed by atoms with Gasteiger partial charge in [0.05, 0.1) is 16.7 Å². The molecular weight excluding hydrogens is 167 g/mol. The van der Waals surface area contributed by atoms with Gasteiger partial charge in [-0.2, -0.15) is 0 Å². The maximum absolute atomic E-state index is 13.1. The molecule has 0 unspecified atom stereocenters. The smallest absolute Gasteiger partial charge is 0.128 e. The van der Waals surface area contributed by atoms with Crippen LogP contribution in [0, 0.1) is 19.7 Å². The average molecular weight is 176 g/mol. The van der Waals surface area contributed by atoms with Crippen LogP contribution in [0.15, 0.2) is 18.3 Å². The van der Waals surface area contributed by atoms with Crippen molar-refractivity contribution in [3.05, 3.63) is 35.4 Å². The lowest BCUT2D eigenvalue weighted by molar-refractivity contribution is 0.620. The van der Waals surface area contributed by atoms with Gasteiger partial charge in [-0.1, -0.05) is 0 Å². The van der Waals surface area contributed by atoms with Crippen molar-refractivity contribution in [1.29, 1.82) is 0 Å². The van der Waals surface area contributed by atoms with Crippen molar-refractivity contribution in [2.75, 3.05) is 0 Å². The van der Waals surface area contributed by atoms with Crippen molar-refractivity contribution in [2.45, 2.75) is 13.8 Å². The molecule has 3 heteroatoms. The second-order valence-electron chi connectivity index (χ2n) is 3.05. The Morgan fingerprint density at radius 3 is 2.77 bits per heavy atom. The highest BCUT2D eigenvalue weighted by atomic mass is 19.1. The number of rotatable bonds is 0. The number of nitrogens with zero attached hydrogens (tertiary/aromatic N) is 2. The topological polar surface area (TPSA) is 25.8 Å². The van der Waals surface area contributed by atoms with Crippen LogP contribution >= 0.6 is 0 Å². The van der Waals surface area contributed by atoms with E-state index < -0.39 is 0 Å².